The van der Waals surface area contributed by atoms with Gasteiger partial charge in [-0.1, -0.05) is 35.9 Å². The van der Waals surface area contributed by atoms with Crippen molar-refractivity contribution < 1.29 is 33.9 Å². The van der Waals surface area contributed by atoms with Crippen molar-refractivity contribution >= 4 is 11.8 Å². The zero-order valence-corrected chi connectivity index (χ0v) is 22.7. The van der Waals surface area contributed by atoms with E-state index in [1.165, 1.54) is 34.8 Å². The number of H-pyrrole nitrogens is 1. The normalized spacial score (nSPS) is 30.5. The molecule has 41 heavy (non-hydrogen) atoms. The van der Waals surface area contributed by atoms with E-state index in [2.05, 4.69) is 15.4 Å². The van der Waals surface area contributed by atoms with Gasteiger partial charge in [0, 0.05) is 22.6 Å². The second-order valence-corrected chi connectivity index (χ2v) is 11.8. The van der Waals surface area contributed by atoms with Gasteiger partial charge in [0.2, 0.25) is 0 Å². The van der Waals surface area contributed by atoms with Crippen molar-refractivity contribution in [1.82, 2.24) is 24.8 Å². The van der Waals surface area contributed by atoms with Gasteiger partial charge >= 0.3 is 0 Å². The number of aliphatic hydroxyl groups is 4. The number of benzene rings is 2. The Bertz CT molecular complexity index is 1470. The average Bonchev–Trinajstić information content (AvgIpc) is 3.42. The molecule has 1 saturated heterocycles. The first-order chi connectivity index (χ1) is 19.9. The lowest BCUT2D eigenvalue weighted by molar-refractivity contribution is -0.178. The van der Waals surface area contributed by atoms with Gasteiger partial charge in [-0.25, -0.2) is 13.5 Å². The van der Waals surface area contributed by atoms with Crippen molar-refractivity contribution in [1.29, 1.82) is 0 Å². The van der Waals surface area contributed by atoms with Gasteiger partial charge < -0.3 is 25.2 Å². The maximum Gasteiger partial charge on any atom is 0.132 e. The molecule has 6 rings (SSSR count). The van der Waals surface area contributed by atoms with Crippen LogP contribution in [0.1, 0.15) is 31.3 Å². The lowest BCUT2D eigenvalue weighted by atomic mass is 9.92. The summed E-state index contributed by atoms with van der Waals surface area (Å²) in [5, 5.41) is 54.4. The molecule has 5 unspecified atom stereocenters. The van der Waals surface area contributed by atoms with Crippen molar-refractivity contribution in [2.24, 2.45) is 0 Å². The Morgan fingerprint density at radius 1 is 0.927 bits per heavy atom. The first kappa shape index (κ1) is 28.1. The fraction of sp³-hybridized carbons (Fsp3) is 0.429. The predicted octanol–water partition coefficient (Wildman–Crippen LogP) is 2.89. The van der Waals surface area contributed by atoms with Crippen LogP contribution in [0, 0.1) is 11.6 Å². The van der Waals surface area contributed by atoms with Gasteiger partial charge in [-0.15, -0.1) is 16.9 Å². The third kappa shape index (κ3) is 5.33. The Morgan fingerprint density at radius 2 is 1.61 bits per heavy atom. The summed E-state index contributed by atoms with van der Waals surface area (Å²) in [5.74, 6) is -0.821. The topological polar surface area (TPSA) is 142 Å². The van der Waals surface area contributed by atoms with Crippen LogP contribution in [-0.2, 0) is 4.74 Å². The Morgan fingerprint density at radius 3 is 2.29 bits per heavy atom. The van der Waals surface area contributed by atoms with E-state index >= 15 is 0 Å². The van der Waals surface area contributed by atoms with Gasteiger partial charge in [0.15, 0.2) is 0 Å². The van der Waals surface area contributed by atoms with E-state index in [0.29, 0.717) is 24.1 Å². The van der Waals surface area contributed by atoms with E-state index in [9.17, 15) is 29.2 Å². The number of thioether (sulfide) groups is 1. The number of rotatable bonds is 7. The Kier molecular flexibility index (Phi) is 7.99. The van der Waals surface area contributed by atoms with E-state index in [0.717, 1.165) is 6.42 Å². The summed E-state index contributed by atoms with van der Waals surface area (Å²) in [6.45, 7) is -0.506. The van der Waals surface area contributed by atoms with Crippen molar-refractivity contribution in [2.75, 3.05) is 6.61 Å². The van der Waals surface area contributed by atoms with Gasteiger partial charge in [0.05, 0.1) is 30.6 Å². The van der Waals surface area contributed by atoms with Crippen LogP contribution in [-0.4, -0.2) is 86.9 Å². The molecule has 1 aliphatic carbocycles. The zero-order chi connectivity index (χ0) is 28.7. The molecule has 0 radical (unpaired) electrons. The zero-order valence-electron chi connectivity index (χ0n) is 21.9. The van der Waals surface area contributed by atoms with Gasteiger partial charge in [-0.3, -0.25) is 9.78 Å². The molecule has 13 heteroatoms. The van der Waals surface area contributed by atoms with E-state index in [4.69, 9.17) is 4.74 Å². The first-order valence-electron chi connectivity index (χ1n) is 13.5. The van der Waals surface area contributed by atoms with Gasteiger partial charge in [0.1, 0.15) is 47.1 Å². The third-order valence-electron chi connectivity index (χ3n) is 7.93. The molecule has 5 N–H and O–H groups in total. The largest absolute Gasteiger partial charge is 0.394 e. The molecule has 218 valence electrons. The number of nitrogens with zero attached hydrogens (tertiary/aromatic N) is 4. The number of nitrogens with one attached hydrogen (secondary N) is 1. The molecule has 1 aliphatic heterocycles. The maximum absolute atomic E-state index is 14.3. The standard InChI is InChI=1S/C28H31F2N5O5S/c29-17-8-3-1-6-15(17)19-12-35(33-31-19)24-26(38)22(14-36)40-28(27(24)39)41-23-11-5-10-21(25(23)37)34-13-20(32-34)16-7-2-4-9-18(16)30/h1-4,6-9,12-13,21-28,32,36-39H,5,10-11,14H2/t21?,22?,23-,24?,25?,26+,27?,28+/m1/s1. The van der Waals surface area contributed by atoms with Gasteiger partial charge in [0.25, 0.3) is 0 Å². The minimum atomic E-state index is -1.32. The molecule has 10 nitrogen and oxygen atoms in total. The monoisotopic (exact) mass is 587 g/mol. The molecule has 8 atom stereocenters. The molecule has 1 saturated carbocycles. The van der Waals surface area contributed by atoms with Crippen LogP contribution in [0.3, 0.4) is 0 Å². The number of aromatic amines is 1. The van der Waals surface area contributed by atoms with Crippen LogP contribution in [0.4, 0.5) is 8.78 Å². The smallest absolute Gasteiger partial charge is 0.132 e. The second kappa shape index (κ2) is 11.7. The third-order valence-corrected chi connectivity index (χ3v) is 9.45. The van der Waals surface area contributed by atoms with Crippen LogP contribution < -0.4 is 0 Å². The quantitative estimate of drug-likeness (QED) is 0.222. The number of aliphatic hydroxyl groups excluding tert-OH is 4. The molecule has 0 bridgehead atoms. The van der Waals surface area contributed by atoms with Crippen LogP contribution in [0.25, 0.3) is 22.5 Å². The van der Waals surface area contributed by atoms with Crippen molar-refractivity contribution in [2.45, 2.75) is 66.4 Å². The summed E-state index contributed by atoms with van der Waals surface area (Å²) in [6.07, 6.45) is 0.939. The number of aromatic nitrogens is 5. The van der Waals surface area contributed by atoms with Crippen LogP contribution >= 0.6 is 11.8 Å². The summed E-state index contributed by atoms with van der Waals surface area (Å²) in [4.78, 5) is 0. The van der Waals surface area contributed by atoms with Crippen LogP contribution in [0.5, 0.6) is 0 Å². The summed E-state index contributed by atoms with van der Waals surface area (Å²) >= 11 is 1.24. The molecule has 2 aromatic heterocycles. The average molecular weight is 588 g/mol. The Hall–Kier alpha value is -3.07. The fourth-order valence-corrected chi connectivity index (χ4v) is 7.23. The highest BCUT2D eigenvalue weighted by Gasteiger charge is 2.48. The first-order valence-corrected chi connectivity index (χ1v) is 14.4. The van der Waals surface area contributed by atoms with Crippen LogP contribution in [0.15, 0.2) is 60.9 Å². The van der Waals surface area contributed by atoms with Crippen molar-refractivity contribution in [3.63, 3.8) is 0 Å². The van der Waals surface area contributed by atoms with E-state index in [-0.39, 0.29) is 28.4 Å². The molecule has 0 amide bonds. The highest BCUT2D eigenvalue weighted by molar-refractivity contribution is 8.00. The summed E-state index contributed by atoms with van der Waals surface area (Å²) < 4.78 is 37.4. The van der Waals surface area contributed by atoms with Gasteiger partial charge in [-0.2, -0.15) is 0 Å². The highest BCUT2D eigenvalue weighted by atomic mass is 32.2. The second-order valence-electron chi connectivity index (χ2n) is 10.5. The predicted molar refractivity (Wildman–Crippen MR) is 147 cm³/mol. The van der Waals surface area contributed by atoms with Gasteiger partial charge in [-0.05, 0) is 37.1 Å². The van der Waals surface area contributed by atoms with E-state index in [1.807, 2.05) is 0 Å². The molecule has 4 aromatic rings. The number of ether oxygens (including phenoxy) is 1. The van der Waals surface area contributed by atoms with Crippen molar-refractivity contribution in [3.05, 3.63) is 72.6 Å². The summed E-state index contributed by atoms with van der Waals surface area (Å²) in [5.41, 5.74) is 0.622. The molecule has 3 heterocycles. The van der Waals surface area contributed by atoms with Crippen molar-refractivity contribution in [3.8, 4) is 22.5 Å². The molecule has 2 aliphatic rings. The number of hydrogen-bond acceptors (Lipinski definition) is 8. The minimum Gasteiger partial charge on any atom is -0.394 e. The maximum atomic E-state index is 14.3. The SMILES string of the molecule is OCC1O[C@@H](S[C@@H]2CCCC(n3cc(-c4ccccc4F)[nH]3)C2O)C(O)C(n2cc(-c3ccccc3F)nn2)[C@H]1O. The fourth-order valence-electron chi connectivity index (χ4n) is 5.71. The van der Waals surface area contributed by atoms with E-state index in [1.54, 1.807) is 47.3 Å². The van der Waals surface area contributed by atoms with Crippen LogP contribution in [0.2, 0.25) is 0 Å². The molecular formula is C28H31F2N5O5S. The molecular weight excluding hydrogens is 556 g/mol. The molecule has 0 spiro atoms. The Balaban J connectivity index is 1.18. The number of hydrogen-bond donors (Lipinski definition) is 5. The summed E-state index contributed by atoms with van der Waals surface area (Å²) in [7, 11) is 0. The summed E-state index contributed by atoms with van der Waals surface area (Å²) in [6, 6.07) is 11.2. The molecule has 2 fully saturated rings. The molecule has 2 aromatic carbocycles. The minimum absolute atomic E-state index is 0.225. The lowest BCUT2D eigenvalue weighted by Crippen LogP contribution is -2.55. The van der Waals surface area contributed by atoms with E-state index < -0.39 is 48.3 Å². The number of halogens is 2. The lowest BCUT2D eigenvalue weighted by Gasteiger charge is -2.44. The Labute approximate surface area is 238 Å². The highest BCUT2D eigenvalue weighted by Crippen LogP contribution is 2.43.